The molecule has 0 aliphatic heterocycles. The summed E-state index contributed by atoms with van der Waals surface area (Å²) < 4.78 is 0. The predicted molar refractivity (Wildman–Crippen MR) is 213 cm³/mol. The molecule has 0 rings (SSSR count). The van der Waals surface area contributed by atoms with Gasteiger partial charge in [-0.1, -0.05) is 204 Å². The maximum atomic E-state index is 12.4. The van der Waals surface area contributed by atoms with Crippen molar-refractivity contribution in [3.8, 4) is 0 Å². The van der Waals surface area contributed by atoms with Gasteiger partial charge < -0.3 is 20.6 Å². The van der Waals surface area contributed by atoms with Crippen molar-refractivity contribution < 1.29 is 20.1 Å². The lowest BCUT2D eigenvalue weighted by Gasteiger charge is -2.21. The first-order chi connectivity index (χ1) is 24.1. The molecular weight excluding hydrogens is 606 g/mol. The number of nitrogens with one attached hydrogen (secondary N) is 1. The van der Waals surface area contributed by atoms with Gasteiger partial charge in [-0.15, -0.1) is 0 Å². The molecule has 1 amide bonds. The second-order valence-corrected chi connectivity index (χ2v) is 14.6. The molecular formula is C44H83NO4. The van der Waals surface area contributed by atoms with Crippen molar-refractivity contribution in [1.82, 2.24) is 5.32 Å². The summed E-state index contributed by atoms with van der Waals surface area (Å²) in [6, 6.07) is -0.798. The maximum absolute atomic E-state index is 12.4. The number of aliphatic hydroxyl groups is 3. The van der Waals surface area contributed by atoms with Crippen LogP contribution in [0.25, 0.3) is 0 Å². The molecule has 0 fully saturated rings. The van der Waals surface area contributed by atoms with Crippen LogP contribution >= 0.6 is 0 Å². The number of unbranched alkanes of at least 4 members (excludes halogenated alkanes) is 27. The third kappa shape index (κ3) is 34.8. The summed E-state index contributed by atoms with van der Waals surface area (Å²) in [5, 5.41) is 33.1. The minimum atomic E-state index is -1.10. The molecule has 0 spiro atoms. The molecule has 288 valence electrons. The molecule has 0 heterocycles. The van der Waals surface area contributed by atoms with Gasteiger partial charge in [0.2, 0.25) is 5.91 Å². The van der Waals surface area contributed by atoms with Gasteiger partial charge in [0, 0.05) is 0 Å². The Bertz CT molecular complexity index is 764. The van der Waals surface area contributed by atoms with Crippen molar-refractivity contribution in [2.45, 2.75) is 231 Å². The van der Waals surface area contributed by atoms with Gasteiger partial charge in [-0.2, -0.15) is 0 Å². The Hall–Kier alpha value is -1.43. The fourth-order valence-corrected chi connectivity index (χ4v) is 6.35. The molecule has 5 nitrogen and oxygen atoms in total. The van der Waals surface area contributed by atoms with Crippen LogP contribution in [0.1, 0.15) is 213 Å². The van der Waals surface area contributed by atoms with Gasteiger partial charge in [0.1, 0.15) is 6.10 Å². The number of carbonyl (C=O) groups is 1. The molecule has 0 bridgehead atoms. The predicted octanol–water partition coefficient (Wildman–Crippen LogP) is 12.0. The fraction of sp³-hybridized carbons (Fsp3) is 0.841. The van der Waals surface area contributed by atoms with Crippen LogP contribution in [0, 0.1) is 0 Å². The van der Waals surface area contributed by atoms with Crippen LogP contribution in [-0.2, 0) is 4.79 Å². The normalized spacial score (nSPS) is 14.0. The number of carbonyl (C=O) groups excluding carboxylic acids is 1. The summed E-state index contributed by atoms with van der Waals surface area (Å²) in [4.78, 5) is 12.4. The molecule has 3 atom stereocenters. The first-order valence-electron chi connectivity index (χ1n) is 21.3. The molecule has 0 aliphatic carbocycles. The van der Waals surface area contributed by atoms with Crippen molar-refractivity contribution in [3.05, 3.63) is 36.5 Å². The van der Waals surface area contributed by atoms with E-state index in [-0.39, 0.29) is 6.61 Å². The summed E-state index contributed by atoms with van der Waals surface area (Å²) in [5.41, 5.74) is 0. The molecule has 0 radical (unpaired) electrons. The van der Waals surface area contributed by atoms with E-state index in [1.54, 1.807) is 6.08 Å². The average Bonchev–Trinajstić information content (AvgIpc) is 3.11. The summed E-state index contributed by atoms with van der Waals surface area (Å²) in [7, 11) is 0. The number of hydrogen-bond donors (Lipinski definition) is 4. The van der Waals surface area contributed by atoms with Gasteiger partial charge in [0.15, 0.2) is 0 Å². The molecule has 0 aliphatic rings. The molecule has 5 heteroatoms. The first-order valence-corrected chi connectivity index (χ1v) is 21.3. The highest BCUT2D eigenvalue weighted by Crippen LogP contribution is 2.15. The van der Waals surface area contributed by atoms with Crippen LogP contribution in [0.5, 0.6) is 0 Å². The number of hydrogen-bond acceptors (Lipinski definition) is 4. The van der Waals surface area contributed by atoms with E-state index in [0.717, 1.165) is 32.1 Å². The lowest BCUT2D eigenvalue weighted by molar-refractivity contribution is -0.131. The Balaban J connectivity index is 3.70. The summed E-state index contributed by atoms with van der Waals surface area (Å²) >= 11 is 0. The maximum Gasteiger partial charge on any atom is 0.249 e. The van der Waals surface area contributed by atoms with Crippen molar-refractivity contribution in [1.29, 1.82) is 0 Å². The van der Waals surface area contributed by atoms with E-state index in [1.807, 2.05) is 6.08 Å². The number of allylic oxidation sites excluding steroid dienone is 5. The zero-order valence-corrected chi connectivity index (χ0v) is 32.6. The number of aliphatic hydroxyl groups excluding tert-OH is 3. The molecule has 0 aromatic heterocycles. The quantitative estimate of drug-likeness (QED) is 0.0295. The summed E-state index contributed by atoms with van der Waals surface area (Å²) in [5.74, 6) is -0.508. The van der Waals surface area contributed by atoms with E-state index in [2.05, 4.69) is 43.5 Å². The van der Waals surface area contributed by atoms with Gasteiger partial charge in [0.05, 0.1) is 18.8 Å². The van der Waals surface area contributed by atoms with Crippen LogP contribution in [0.2, 0.25) is 0 Å². The Labute approximate surface area is 304 Å². The molecule has 4 N–H and O–H groups in total. The molecule has 49 heavy (non-hydrogen) atoms. The summed E-state index contributed by atoms with van der Waals surface area (Å²) in [6.07, 6.45) is 48.8. The van der Waals surface area contributed by atoms with Gasteiger partial charge in [-0.25, -0.2) is 0 Å². The van der Waals surface area contributed by atoms with Gasteiger partial charge in [-0.05, 0) is 44.9 Å². The van der Waals surface area contributed by atoms with E-state index in [1.165, 1.54) is 161 Å². The van der Waals surface area contributed by atoms with Crippen molar-refractivity contribution >= 4 is 5.91 Å². The van der Waals surface area contributed by atoms with E-state index in [9.17, 15) is 20.1 Å². The largest absolute Gasteiger partial charge is 0.394 e. The monoisotopic (exact) mass is 690 g/mol. The van der Waals surface area contributed by atoms with E-state index in [4.69, 9.17) is 0 Å². The fourth-order valence-electron chi connectivity index (χ4n) is 6.35. The van der Waals surface area contributed by atoms with Crippen molar-refractivity contribution in [3.63, 3.8) is 0 Å². The van der Waals surface area contributed by atoms with Crippen LogP contribution in [-0.4, -0.2) is 46.1 Å². The smallest absolute Gasteiger partial charge is 0.249 e. The standard InChI is InChI=1S/C44H83NO4/c1-3-5-7-9-11-13-15-17-19-21-23-25-27-29-31-33-35-37-39-43(48)44(49)45-41(40-46)42(47)38-36-34-32-30-28-26-24-22-20-18-16-14-12-10-8-6-4-2/h11,13,15,17,36,38,41-43,46-48H,3-10,12,14,16,18-35,37,39-40H2,1-2H3,(H,45,49)/b13-11-,17-15-,38-36+. The topological polar surface area (TPSA) is 89.8 Å². The molecule has 0 aromatic carbocycles. The van der Waals surface area contributed by atoms with Crippen LogP contribution in [0.3, 0.4) is 0 Å². The third-order valence-electron chi connectivity index (χ3n) is 9.75. The second kappa shape index (κ2) is 39.4. The van der Waals surface area contributed by atoms with E-state index >= 15 is 0 Å². The minimum absolute atomic E-state index is 0.365. The van der Waals surface area contributed by atoms with E-state index < -0.39 is 24.2 Å². The second-order valence-electron chi connectivity index (χ2n) is 14.6. The van der Waals surface area contributed by atoms with Crippen LogP contribution < -0.4 is 5.32 Å². The molecule has 0 saturated heterocycles. The minimum Gasteiger partial charge on any atom is -0.394 e. The lowest BCUT2D eigenvalue weighted by atomic mass is 10.0. The highest BCUT2D eigenvalue weighted by atomic mass is 16.3. The SMILES string of the molecule is CCCCC/C=C\C=C/CCCCCCCCCCCC(O)C(=O)NC(CO)C(O)/C=C/CCCCCCCCCCCCCCCCC. The third-order valence-corrected chi connectivity index (χ3v) is 9.75. The van der Waals surface area contributed by atoms with Crippen molar-refractivity contribution in [2.24, 2.45) is 0 Å². The zero-order chi connectivity index (χ0) is 35.9. The highest BCUT2D eigenvalue weighted by Gasteiger charge is 2.22. The van der Waals surface area contributed by atoms with E-state index in [0.29, 0.717) is 6.42 Å². The lowest BCUT2D eigenvalue weighted by Crippen LogP contribution is -2.48. The molecule has 3 unspecified atom stereocenters. The Morgan fingerprint density at radius 2 is 0.857 bits per heavy atom. The Morgan fingerprint density at radius 1 is 0.510 bits per heavy atom. The van der Waals surface area contributed by atoms with Gasteiger partial charge in [0.25, 0.3) is 0 Å². The zero-order valence-electron chi connectivity index (χ0n) is 32.6. The van der Waals surface area contributed by atoms with Crippen molar-refractivity contribution in [2.75, 3.05) is 6.61 Å². The average molecular weight is 690 g/mol. The highest BCUT2D eigenvalue weighted by molar-refractivity contribution is 5.80. The Kier molecular flexibility index (Phi) is 38.2. The molecule has 0 aromatic rings. The first kappa shape index (κ1) is 47.6. The molecule has 0 saturated carbocycles. The number of amides is 1. The van der Waals surface area contributed by atoms with Crippen LogP contribution in [0.4, 0.5) is 0 Å². The Morgan fingerprint density at radius 3 is 1.29 bits per heavy atom. The number of rotatable bonds is 38. The van der Waals surface area contributed by atoms with Crippen LogP contribution in [0.15, 0.2) is 36.5 Å². The summed E-state index contributed by atoms with van der Waals surface area (Å²) in [6.45, 7) is 4.15. The van der Waals surface area contributed by atoms with Gasteiger partial charge >= 0.3 is 0 Å². The van der Waals surface area contributed by atoms with Gasteiger partial charge in [-0.3, -0.25) is 4.79 Å².